The molecule has 3 heterocycles. The average molecular weight is 606 g/mol. The first-order valence-corrected chi connectivity index (χ1v) is 13.4. The minimum absolute atomic E-state index is 0.415. The molecule has 4 aromatic rings. The van der Waals surface area contributed by atoms with Gasteiger partial charge in [0.05, 0.1) is 26.0 Å². The second-order valence-electron chi connectivity index (χ2n) is 9.11. The van der Waals surface area contributed by atoms with Crippen molar-refractivity contribution in [3.8, 4) is 34.4 Å². The first-order valence-electron chi connectivity index (χ1n) is 12.4. The normalized spacial score (nSPS) is 14.4. The maximum absolute atomic E-state index is 6.46. The van der Waals surface area contributed by atoms with Crippen LogP contribution in [0.3, 0.4) is 0 Å². The molecule has 0 N–H and O–H groups in total. The van der Waals surface area contributed by atoms with Crippen LogP contribution >= 0.6 is 22.6 Å². The lowest BCUT2D eigenvalue weighted by atomic mass is 9.96. The second-order valence-corrected chi connectivity index (χ2v) is 10.4. The predicted molar refractivity (Wildman–Crippen MR) is 152 cm³/mol. The number of nitrogens with zero attached hydrogens (tertiary/aromatic N) is 2. The van der Waals surface area contributed by atoms with Crippen molar-refractivity contribution in [2.24, 2.45) is 0 Å². The lowest BCUT2D eigenvalue weighted by molar-refractivity contribution is 0.122. The quantitative estimate of drug-likeness (QED) is 0.207. The molecule has 0 bridgehead atoms. The number of morpholine rings is 1. The van der Waals surface area contributed by atoms with E-state index in [1.54, 1.807) is 7.11 Å². The molecule has 0 atom stereocenters. The molecule has 2 aliphatic rings. The van der Waals surface area contributed by atoms with Gasteiger partial charge >= 0.3 is 0 Å². The second kappa shape index (κ2) is 10.6. The summed E-state index contributed by atoms with van der Waals surface area (Å²) in [6.07, 6.45) is 0.833. The highest BCUT2D eigenvalue weighted by Crippen LogP contribution is 2.43. The van der Waals surface area contributed by atoms with Crippen LogP contribution in [-0.2, 0) is 17.8 Å². The van der Waals surface area contributed by atoms with Gasteiger partial charge in [-0.05, 0) is 70.6 Å². The zero-order chi connectivity index (χ0) is 25.2. The van der Waals surface area contributed by atoms with Crippen molar-refractivity contribution in [1.29, 1.82) is 0 Å². The average Bonchev–Trinajstić information content (AvgIpc) is 2.95. The van der Waals surface area contributed by atoms with E-state index in [2.05, 4.69) is 70.0 Å². The molecule has 188 valence electrons. The Balaban J connectivity index is 1.35. The molecule has 0 radical (unpaired) electrons. The molecule has 0 amide bonds. The fraction of sp³-hybridized carbons (Fsp3) is 0.233. The van der Waals surface area contributed by atoms with Gasteiger partial charge in [-0.15, -0.1) is 0 Å². The molecule has 2 aliphatic heterocycles. The number of fused-ring (bicyclic) bond motifs is 2. The fourth-order valence-corrected chi connectivity index (χ4v) is 5.29. The van der Waals surface area contributed by atoms with E-state index in [1.807, 2.05) is 30.3 Å². The summed E-state index contributed by atoms with van der Waals surface area (Å²) in [5.74, 6) is 3.17. The molecule has 3 aromatic carbocycles. The van der Waals surface area contributed by atoms with Gasteiger partial charge in [-0.3, -0.25) is 0 Å². The number of halogens is 1. The molecule has 6 rings (SSSR count). The Morgan fingerprint density at radius 1 is 0.946 bits per heavy atom. The summed E-state index contributed by atoms with van der Waals surface area (Å²) in [6, 6.07) is 24.7. The minimum atomic E-state index is 0.415. The smallest absolute Gasteiger partial charge is 0.216 e. The number of anilines is 1. The number of aromatic nitrogens is 1. The van der Waals surface area contributed by atoms with E-state index in [-0.39, 0.29) is 0 Å². The highest BCUT2D eigenvalue weighted by molar-refractivity contribution is 14.1. The lowest BCUT2D eigenvalue weighted by Gasteiger charge is -2.29. The molecule has 0 spiro atoms. The van der Waals surface area contributed by atoms with Gasteiger partial charge < -0.3 is 23.8 Å². The van der Waals surface area contributed by atoms with Crippen molar-refractivity contribution in [1.82, 2.24) is 4.98 Å². The van der Waals surface area contributed by atoms with Crippen LogP contribution in [0.1, 0.15) is 16.7 Å². The van der Waals surface area contributed by atoms with Crippen molar-refractivity contribution in [3.05, 3.63) is 93.1 Å². The van der Waals surface area contributed by atoms with Gasteiger partial charge in [-0.25, -0.2) is 4.98 Å². The summed E-state index contributed by atoms with van der Waals surface area (Å²) in [4.78, 5) is 7.26. The third-order valence-corrected chi connectivity index (χ3v) is 7.37. The summed E-state index contributed by atoms with van der Waals surface area (Å²) < 4.78 is 24.8. The van der Waals surface area contributed by atoms with Gasteiger partial charge in [-0.2, -0.15) is 0 Å². The number of benzene rings is 3. The molecular weight excluding hydrogens is 579 g/mol. The molecule has 1 saturated heterocycles. The summed E-state index contributed by atoms with van der Waals surface area (Å²) in [5.41, 5.74) is 6.28. The minimum Gasteiger partial charge on any atom is -0.497 e. The molecule has 0 unspecified atom stereocenters. The fourth-order valence-electron chi connectivity index (χ4n) is 4.73. The van der Waals surface area contributed by atoms with Crippen molar-refractivity contribution in [2.75, 3.05) is 38.3 Å². The Bertz CT molecular complexity index is 1420. The number of rotatable bonds is 6. The molecule has 7 heteroatoms. The van der Waals surface area contributed by atoms with Crippen LogP contribution in [-0.4, -0.2) is 38.4 Å². The molecule has 37 heavy (non-hydrogen) atoms. The Kier molecular flexibility index (Phi) is 6.89. The molecule has 6 nitrogen and oxygen atoms in total. The Hall–Kier alpha value is -3.30. The van der Waals surface area contributed by atoms with Crippen LogP contribution in [0.2, 0.25) is 0 Å². The summed E-state index contributed by atoms with van der Waals surface area (Å²) >= 11 is 2.35. The Labute approximate surface area is 230 Å². The Morgan fingerprint density at radius 2 is 1.78 bits per heavy atom. The SMILES string of the molecule is COc1ccc(COc2cc(N3CCOCC3)cc(-c3cccc4c3Oc3ccc(I)cc3C4)n2)cc1. The van der Waals surface area contributed by atoms with E-state index in [0.29, 0.717) is 25.7 Å². The molecule has 1 fully saturated rings. The number of hydrogen-bond donors (Lipinski definition) is 0. The lowest BCUT2D eigenvalue weighted by Crippen LogP contribution is -2.36. The first kappa shape index (κ1) is 24.1. The number of hydrogen-bond acceptors (Lipinski definition) is 6. The van der Waals surface area contributed by atoms with Crippen LogP contribution in [0.4, 0.5) is 5.69 Å². The van der Waals surface area contributed by atoms with Gasteiger partial charge in [0, 0.05) is 51.5 Å². The van der Waals surface area contributed by atoms with E-state index in [1.165, 1.54) is 9.13 Å². The standard InChI is InChI=1S/C30H27IN2O4/c1-34-25-8-5-20(6-9-25)19-36-29-18-24(33-11-13-35-14-12-33)17-27(32-29)26-4-2-3-21-15-22-16-23(31)7-10-28(22)37-30(21)26/h2-10,16-18H,11-15,19H2,1H3. The van der Waals surface area contributed by atoms with E-state index < -0.39 is 0 Å². The molecule has 1 aromatic heterocycles. The van der Waals surface area contributed by atoms with Gasteiger partial charge in [0.15, 0.2) is 0 Å². The van der Waals surface area contributed by atoms with Gasteiger partial charge in [0.2, 0.25) is 5.88 Å². The van der Waals surface area contributed by atoms with Gasteiger partial charge in [0.1, 0.15) is 23.9 Å². The number of para-hydroxylation sites is 1. The van der Waals surface area contributed by atoms with Crippen molar-refractivity contribution in [3.63, 3.8) is 0 Å². The van der Waals surface area contributed by atoms with Crippen molar-refractivity contribution >= 4 is 28.3 Å². The highest BCUT2D eigenvalue weighted by atomic mass is 127. The van der Waals surface area contributed by atoms with E-state index >= 15 is 0 Å². The topological polar surface area (TPSA) is 53.1 Å². The largest absolute Gasteiger partial charge is 0.497 e. The maximum atomic E-state index is 6.46. The highest BCUT2D eigenvalue weighted by Gasteiger charge is 2.23. The van der Waals surface area contributed by atoms with Crippen LogP contribution in [0.5, 0.6) is 23.1 Å². The van der Waals surface area contributed by atoms with Crippen LogP contribution < -0.4 is 19.1 Å². The zero-order valence-corrected chi connectivity index (χ0v) is 22.7. The number of methoxy groups -OCH3 is 1. The van der Waals surface area contributed by atoms with Gasteiger partial charge in [0.25, 0.3) is 0 Å². The molecular formula is C30H27IN2O4. The molecule has 0 saturated carbocycles. The zero-order valence-electron chi connectivity index (χ0n) is 20.6. The van der Waals surface area contributed by atoms with E-state index in [0.717, 1.165) is 64.8 Å². The van der Waals surface area contributed by atoms with Crippen molar-refractivity contribution < 1.29 is 18.9 Å². The summed E-state index contributed by atoms with van der Waals surface area (Å²) in [5, 5.41) is 0. The van der Waals surface area contributed by atoms with Crippen molar-refractivity contribution in [2.45, 2.75) is 13.0 Å². The summed E-state index contributed by atoms with van der Waals surface area (Å²) in [7, 11) is 1.67. The monoisotopic (exact) mass is 606 g/mol. The predicted octanol–water partition coefficient (Wildman–Crippen LogP) is 6.47. The third-order valence-electron chi connectivity index (χ3n) is 6.70. The van der Waals surface area contributed by atoms with Crippen LogP contribution in [0.15, 0.2) is 72.8 Å². The van der Waals surface area contributed by atoms with E-state index in [9.17, 15) is 0 Å². The third kappa shape index (κ3) is 5.24. The first-order chi connectivity index (χ1) is 18.2. The number of ether oxygens (including phenoxy) is 4. The maximum Gasteiger partial charge on any atom is 0.216 e. The van der Waals surface area contributed by atoms with Crippen LogP contribution in [0, 0.1) is 3.57 Å². The van der Waals surface area contributed by atoms with Gasteiger partial charge in [-0.1, -0.05) is 24.3 Å². The van der Waals surface area contributed by atoms with E-state index in [4.69, 9.17) is 23.9 Å². The van der Waals surface area contributed by atoms with Crippen LogP contribution in [0.25, 0.3) is 11.3 Å². The number of pyridine rings is 1. The summed E-state index contributed by atoms with van der Waals surface area (Å²) in [6.45, 7) is 3.49. The molecule has 0 aliphatic carbocycles. The Morgan fingerprint density at radius 3 is 2.59 bits per heavy atom.